The Hall–Kier alpha value is -2.61. The van der Waals surface area contributed by atoms with Crippen molar-refractivity contribution in [2.45, 2.75) is 31.4 Å². The normalized spacial score (nSPS) is 18.6. The molecule has 4 rings (SSSR count). The minimum Gasteiger partial charge on any atom is -0.369 e. The van der Waals surface area contributed by atoms with Crippen LogP contribution in [-0.4, -0.2) is 34.2 Å². The monoisotopic (exact) mass is 421 g/mol. The molecule has 0 radical (unpaired) electrons. The van der Waals surface area contributed by atoms with Crippen LogP contribution >= 0.6 is 11.6 Å². The van der Waals surface area contributed by atoms with Crippen LogP contribution in [0.3, 0.4) is 0 Å². The van der Waals surface area contributed by atoms with Crippen molar-refractivity contribution in [3.05, 3.63) is 64.1 Å². The molecule has 0 aromatic carbocycles. The summed E-state index contributed by atoms with van der Waals surface area (Å²) >= 11 is 6.05. The Morgan fingerprint density at radius 1 is 1.10 bits per heavy atom. The largest absolute Gasteiger partial charge is 0.412 e. The van der Waals surface area contributed by atoms with Gasteiger partial charge in [-0.3, -0.25) is 0 Å². The zero-order valence-electron chi connectivity index (χ0n) is 15.4. The zero-order valence-corrected chi connectivity index (χ0v) is 16.2. The zero-order chi connectivity index (χ0) is 20.4. The number of fused-ring (bicyclic) bond motifs is 1. The number of pyridine rings is 1. The lowest BCUT2D eigenvalue weighted by molar-refractivity contribution is -0.0941. The Bertz CT molecular complexity index is 954. The first-order chi connectivity index (χ1) is 13.9. The molecule has 9 heteroatoms. The first-order valence-corrected chi connectivity index (χ1v) is 9.66. The van der Waals surface area contributed by atoms with Crippen molar-refractivity contribution < 1.29 is 13.2 Å². The maximum absolute atomic E-state index is 12.7. The quantitative estimate of drug-likeness (QED) is 0.719. The van der Waals surface area contributed by atoms with Gasteiger partial charge in [-0.25, -0.2) is 15.0 Å². The molecular formula is C20H19ClF3N5. The lowest BCUT2D eigenvalue weighted by atomic mass is 9.96. The third kappa shape index (κ3) is 4.70. The van der Waals surface area contributed by atoms with Gasteiger partial charge in [0.05, 0.1) is 5.02 Å². The fraction of sp³-hybridized carbons (Fsp3) is 0.350. The van der Waals surface area contributed by atoms with Crippen molar-refractivity contribution in [2.75, 3.05) is 23.7 Å². The van der Waals surface area contributed by atoms with E-state index in [1.807, 2.05) is 6.07 Å². The van der Waals surface area contributed by atoms with Crippen LogP contribution in [0.1, 0.15) is 29.9 Å². The van der Waals surface area contributed by atoms with Gasteiger partial charge >= 0.3 is 6.18 Å². The first-order valence-electron chi connectivity index (χ1n) is 9.28. The van der Waals surface area contributed by atoms with Crippen molar-refractivity contribution in [3.8, 4) is 0 Å². The number of aromatic nitrogens is 3. The van der Waals surface area contributed by atoms with Gasteiger partial charge in [-0.05, 0) is 30.9 Å². The summed E-state index contributed by atoms with van der Waals surface area (Å²) in [6.07, 6.45) is 4.74. The molecule has 5 nitrogen and oxygen atoms in total. The van der Waals surface area contributed by atoms with Gasteiger partial charge in [-0.15, -0.1) is 0 Å². The first kappa shape index (κ1) is 19.7. The van der Waals surface area contributed by atoms with Crippen molar-refractivity contribution in [1.82, 2.24) is 15.0 Å². The van der Waals surface area contributed by atoms with Crippen LogP contribution < -0.4 is 10.6 Å². The van der Waals surface area contributed by atoms with Gasteiger partial charge < -0.3 is 10.6 Å². The third-order valence-electron chi connectivity index (χ3n) is 5.10. The molecule has 2 aliphatic rings. The molecule has 152 valence electrons. The molecule has 0 amide bonds. The molecule has 1 unspecified atom stereocenters. The van der Waals surface area contributed by atoms with E-state index in [-0.39, 0.29) is 12.3 Å². The van der Waals surface area contributed by atoms with Crippen LogP contribution in [0.25, 0.3) is 0 Å². The molecule has 2 aromatic rings. The van der Waals surface area contributed by atoms with Crippen LogP contribution in [-0.2, 0) is 6.42 Å². The molecule has 2 N–H and O–H groups in total. The van der Waals surface area contributed by atoms with Crippen molar-refractivity contribution >= 4 is 23.4 Å². The fourth-order valence-electron chi connectivity index (χ4n) is 3.52. The van der Waals surface area contributed by atoms with E-state index in [1.54, 1.807) is 18.6 Å². The Labute approximate surface area is 171 Å². The fourth-order valence-corrected chi connectivity index (χ4v) is 3.68. The van der Waals surface area contributed by atoms with Crippen molar-refractivity contribution in [2.24, 2.45) is 0 Å². The Kier molecular flexibility index (Phi) is 5.45. The van der Waals surface area contributed by atoms with Gasteiger partial charge in [0.2, 0.25) is 5.95 Å². The van der Waals surface area contributed by atoms with E-state index in [2.05, 4.69) is 25.6 Å². The molecule has 0 bridgehead atoms. The molecule has 29 heavy (non-hydrogen) atoms. The lowest BCUT2D eigenvalue weighted by Crippen LogP contribution is -2.16. The molecule has 1 aliphatic heterocycles. The number of halogens is 4. The van der Waals surface area contributed by atoms with Crippen LogP contribution in [0.15, 0.2) is 48.0 Å². The smallest absolute Gasteiger partial charge is 0.369 e. The number of hydrogen-bond donors (Lipinski definition) is 2. The maximum atomic E-state index is 12.7. The SMILES string of the molecule is FC(F)(F)C1=CC=C(CNc2ncc(CC3CNc4ncc(Cl)cc43)cn2)CC1. The second-order valence-corrected chi connectivity index (χ2v) is 7.59. The second kappa shape index (κ2) is 8.02. The number of anilines is 2. The Morgan fingerprint density at radius 3 is 2.59 bits per heavy atom. The molecule has 0 spiro atoms. The van der Waals surface area contributed by atoms with E-state index in [4.69, 9.17) is 11.6 Å². The van der Waals surface area contributed by atoms with E-state index in [1.165, 1.54) is 6.08 Å². The topological polar surface area (TPSA) is 62.7 Å². The van der Waals surface area contributed by atoms with Crippen LogP contribution in [0, 0.1) is 0 Å². The number of hydrogen-bond acceptors (Lipinski definition) is 5. The number of rotatable bonds is 5. The molecule has 0 fully saturated rings. The summed E-state index contributed by atoms with van der Waals surface area (Å²) in [6.45, 7) is 1.20. The van der Waals surface area contributed by atoms with Crippen LogP contribution in [0.2, 0.25) is 5.02 Å². The predicted molar refractivity (Wildman–Crippen MR) is 106 cm³/mol. The molecule has 2 aromatic heterocycles. The highest BCUT2D eigenvalue weighted by atomic mass is 35.5. The van der Waals surface area contributed by atoms with Gasteiger partial charge in [-0.2, -0.15) is 13.2 Å². The second-order valence-electron chi connectivity index (χ2n) is 7.16. The molecule has 0 saturated carbocycles. The molecule has 1 aliphatic carbocycles. The Balaban J connectivity index is 1.33. The maximum Gasteiger partial charge on any atom is 0.412 e. The van der Waals surface area contributed by atoms with E-state index in [0.29, 0.717) is 23.9 Å². The summed E-state index contributed by atoms with van der Waals surface area (Å²) < 4.78 is 38.0. The lowest BCUT2D eigenvalue weighted by Gasteiger charge is -2.17. The highest BCUT2D eigenvalue weighted by Gasteiger charge is 2.33. The molecule has 0 saturated heterocycles. The van der Waals surface area contributed by atoms with Crippen molar-refractivity contribution in [3.63, 3.8) is 0 Å². The highest BCUT2D eigenvalue weighted by molar-refractivity contribution is 6.30. The predicted octanol–water partition coefficient (Wildman–Crippen LogP) is 4.90. The minimum atomic E-state index is -4.24. The van der Waals surface area contributed by atoms with Crippen LogP contribution in [0.5, 0.6) is 0 Å². The van der Waals surface area contributed by atoms with Gasteiger partial charge in [0.1, 0.15) is 5.82 Å². The summed E-state index contributed by atoms with van der Waals surface area (Å²) in [4.78, 5) is 12.9. The van der Waals surface area contributed by atoms with E-state index >= 15 is 0 Å². The number of nitrogens with zero attached hydrogens (tertiary/aromatic N) is 3. The summed E-state index contributed by atoms with van der Waals surface area (Å²) in [5.74, 6) is 1.57. The van der Waals surface area contributed by atoms with Gasteiger partial charge in [0.15, 0.2) is 0 Å². The number of allylic oxidation sites excluding steroid dienone is 3. The number of alkyl halides is 3. The van der Waals surface area contributed by atoms with Crippen LogP contribution in [0.4, 0.5) is 24.9 Å². The Morgan fingerprint density at radius 2 is 1.90 bits per heavy atom. The van der Waals surface area contributed by atoms with Gasteiger partial charge in [0, 0.05) is 48.7 Å². The standard InChI is InChI=1S/C20H19ClF3N5/c21-16-6-17-14(10-25-18(17)26-11-16)5-13-8-28-19(29-9-13)27-7-12-1-3-15(4-2-12)20(22,23)24/h1,3,6,8-9,11,14H,2,4-5,7,10H2,(H,25,26)(H,27,28,29). The summed E-state index contributed by atoms with van der Waals surface area (Å²) in [5.41, 5.74) is 2.49. The summed E-state index contributed by atoms with van der Waals surface area (Å²) in [6, 6.07) is 1.93. The van der Waals surface area contributed by atoms with Crippen molar-refractivity contribution in [1.29, 1.82) is 0 Å². The van der Waals surface area contributed by atoms with E-state index in [0.717, 1.165) is 41.6 Å². The average Bonchev–Trinajstić information content (AvgIpc) is 3.09. The average molecular weight is 422 g/mol. The molecule has 3 heterocycles. The summed E-state index contributed by atoms with van der Waals surface area (Å²) in [7, 11) is 0. The van der Waals surface area contributed by atoms with E-state index < -0.39 is 11.7 Å². The third-order valence-corrected chi connectivity index (χ3v) is 5.31. The van der Waals surface area contributed by atoms with E-state index in [9.17, 15) is 13.2 Å². The molecular weight excluding hydrogens is 403 g/mol. The molecule has 1 atom stereocenters. The highest BCUT2D eigenvalue weighted by Crippen LogP contribution is 2.34. The summed E-state index contributed by atoms with van der Waals surface area (Å²) in [5, 5.41) is 6.96. The van der Waals surface area contributed by atoms with Gasteiger partial charge in [-0.1, -0.05) is 29.3 Å². The van der Waals surface area contributed by atoms with Gasteiger partial charge in [0.25, 0.3) is 0 Å². The minimum absolute atomic E-state index is 0.00653. The number of nitrogens with one attached hydrogen (secondary N) is 2.